The Morgan fingerprint density at radius 2 is 2.00 bits per heavy atom. The molecule has 0 saturated heterocycles. The van der Waals surface area contributed by atoms with Crippen molar-refractivity contribution in [3.05, 3.63) is 33.9 Å². The molecule has 3 rings (SSSR count). The first kappa shape index (κ1) is 16.1. The van der Waals surface area contributed by atoms with Gasteiger partial charge in [0.25, 0.3) is 0 Å². The number of aliphatic hydroxyl groups is 1. The van der Waals surface area contributed by atoms with Crippen molar-refractivity contribution in [1.82, 2.24) is 0 Å². The highest BCUT2D eigenvalue weighted by atomic mass is 16.7. The molecule has 1 fully saturated rings. The molecule has 1 N–H and O–H groups in total. The summed E-state index contributed by atoms with van der Waals surface area (Å²) in [6, 6.07) is 0. The maximum absolute atomic E-state index is 12.8. The second-order valence-electron chi connectivity index (χ2n) is 6.81. The molecular formula is C18H22O5. The van der Waals surface area contributed by atoms with Crippen LogP contribution in [-0.4, -0.2) is 35.9 Å². The largest absolute Gasteiger partial charge is 0.439 e. The molecule has 3 aliphatic carbocycles. The molecule has 0 amide bonds. The van der Waals surface area contributed by atoms with Gasteiger partial charge in [0.05, 0.1) is 6.61 Å². The monoisotopic (exact) mass is 318 g/mol. The highest BCUT2D eigenvalue weighted by Gasteiger charge is 2.65. The second kappa shape index (κ2) is 5.14. The minimum Gasteiger partial charge on any atom is -0.439 e. The maximum Gasteiger partial charge on any atom is 0.304 e. The first-order valence-electron chi connectivity index (χ1n) is 7.84. The van der Waals surface area contributed by atoms with Crippen molar-refractivity contribution >= 4 is 11.8 Å². The van der Waals surface area contributed by atoms with Crippen molar-refractivity contribution in [2.75, 3.05) is 13.4 Å². The number of ether oxygens (including phenoxy) is 2. The van der Waals surface area contributed by atoms with E-state index in [0.29, 0.717) is 5.57 Å². The van der Waals surface area contributed by atoms with Gasteiger partial charge >= 0.3 is 5.97 Å². The van der Waals surface area contributed by atoms with Crippen molar-refractivity contribution in [3.8, 4) is 0 Å². The lowest BCUT2D eigenvalue weighted by Gasteiger charge is -2.39. The van der Waals surface area contributed by atoms with E-state index in [0.717, 1.165) is 35.1 Å². The molecule has 0 aromatic heterocycles. The molecule has 0 aromatic rings. The molecule has 0 aliphatic heterocycles. The smallest absolute Gasteiger partial charge is 0.304 e. The average Bonchev–Trinajstić information content (AvgIpc) is 3.22. The van der Waals surface area contributed by atoms with Crippen LogP contribution in [0.1, 0.15) is 40.5 Å². The molecule has 0 unspecified atom stereocenters. The third-order valence-electron chi connectivity index (χ3n) is 5.46. The minimum absolute atomic E-state index is 0.107. The third-order valence-corrected chi connectivity index (χ3v) is 5.46. The summed E-state index contributed by atoms with van der Waals surface area (Å²) in [6.45, 7) is 7.06. The third kappa shape index (κ3) is 2.22. The Morgan fingerprint density at radius 1 is 1.35 bits per heavy atom. The molecule has 1 atom stereocenters. The predicted octanol–water partition coefficient (Wildman–Crippen LogP) is 2.21. The van der Waals surface area contributed by atoms with Crippen LogP contribution in [0.2, 0.25) is 0 Å². The molecule has 5 heteroatoms. The Morgan fingerprint density at radius 3 is 2.57 bits per heavy atom. The number of ketones is 1. The Hall–Kier alpha value is -1.72. The fourth-order valence-electron chi connectivity index (χ4n) is 3.87. The summed E-state index contributed by atoms with van der Waals surface area (Å²) in [5, 5.41) is 10.8. The fraction of sp³-hybridized carbons (Fsp3) is 0.556. The summed E-state index contributed by atoms with van der Waals surface area (Å²) < 4.78 is 10.2. The van der Waals surface area contributed by atoms with E-state index in [1.807, 2.05) is 19.9 Å². The number of hydrogen-bond acceptors (Lipinski definition) is 5. The van der Waals surface area contributed by atoms with Crippen LogP contribution in [0.4, 0.5) is 0 Å². The van der Waals surface area contributed by atoms with Gasteiger partial charge in [-0.05, 0) is 56.4 Å². The van der Waals surface area contributed by atoms with Gasteiger partial charge in [0.1, 0.15) is 5.60 Å². The molecular weight excluding hydrogens is 296 g/mol. The fourth-order valence-corrected chi connectivity index (χ4v) is 3.87. The van der Waals surface area contributed by atoms with E-state index in [1.54, 1.807) is 6.92 Å². The molecule has 1 spiro atoms. The molecule has 1 saturated carbocycles. The molecule has 3 aliphatic rings. The maximum atomic E-state index is 12.8. The van der Waals surface area contributed by atoms with E-state index in [1.165, 1.54) is 6.92 Å². The van der Waals surface area contributed by atoms with Crippen LogP contribution >= 0.6 is 0 Å². The topological polar surface area (TPSA) is 72.8 Å². The summed E-state index contributed by atoms with van der Waals surface area (Å²) in [5.41, 5.74) is 2.70. The Kier molecular flexibility index (Phi) is 3.61. The molecule has 23 heavy (non-hydrogen) atoms. The van der Waals surface area contributed by atoms with Crippen molar-refractivity contribution in [1.29, 1.82) is 0 Å². The lowest BCUT2D eigenvalue weighted by Crippen LogP contribution is -2.49. The molecule has 0 bridgehead atoms. The number of esters is 1. The van der Waals surface area contributed by atoms with Gasteiger partial charge in [-0.1, -0.05) is 5.57 Å². The van der Waals surface area contributed by atoms with E-state index in [9.17, 15) is 14.7 Å². The SMILES string of the molecule is CC(=O)OCOCC1=C(C)C=C2C(=O)[C@](C)(O)C3(CC3)C(C)=C21. The summed E-state index contributed by atoms with van der Waals surface area (Å²) in [7, 11) is 0. The van der Waals surface area contributed by atoms with E-state index in [2.05, 4.69) is 0 Å². The molecule has 0 aromatic carbocycles. The van der Waals surface area contributed by atoms with Crippen molar-refractivity contribution < 1.29 is 24.2 Å². The van der Waals surface area contributed by atoms with Crippen LogP contribution in [0.25, 0.3) is 0 Å². The molecule has 0 heterocycles. The predicted molar refractivity (Wildman–Crippen MR) is 83.4 cm³/mol. The average molecular weight is 318 g/mol. The summed E-state index contributed by atoms with van der Waals surface area (Å²) in [6.07, 6.45) is 3.49. The Bertz CT molecular complexity index is 686. The zero-order valence-electron chi connectivity index (χ0n) is 14.0. The van der Waals surface area contributed by atoms with Crippen LogP contribution in [0.3, 0.4) is 0 Å². The van der Waals surface area contributed by atoms with Gasteiger partial charge < -0.3 is 14.6 Å². The van der Waals surface area contributed by atoms with Crippen LogP contribution in [0.5, 0.6) is 0 Å². The first-order valence-corrected chi connectivity index (χ1v) is 7.84. The number of hydrogen-bond donors (Lipinski definition) is 1. The van der Waals surface area contributed by atoms with Gasteiger partial charge in [-0.25, -0.2) is 0 Å². The summed E-state index contributed by atoms with van der Waals surface area (Å²) in [5.74, 6) is -0.595. The van der Waals surface area contributed by atoms with E-state index in [-0.39, 0.29) is 19.2 Å². The van der Waals surface area contributed by atoms with Crippen molar-refractivity contribution in [2.45, 2.75) is 46.1 Å². The van der Waals surface area contributed by atoms with E-state index >= 15 is 0 Å². The number of Topliss-reactive ketones (excluding diaryl/α,β-unsaturated/α-hetero) is 1. The Balaban J connectivity index is 1.89. The van der Waals surface area contributed by atoms with Crippen LogP contribution in [0.15, 0.2) is 33.9 Å². The van der Waals surface area contributed by atoms with Crippen LogP contribution in [-0.2, 0) is 19.1 Å². The number of allylic oxidation sites excluding steroid dienone is 2. The number of rotatable bonds is 4. The van der Waals surface area contributed by atoms with Gasteiger partial charge in [-0.15, -0.1) is 0 Å². The number of fused-ring (bicyclic) bond motifs is 1. The van der Waals surface area contributed by atoms with E-state index in [4.69, 9.17) is 9.47 Å². The lowest BCUT2D eigenvalue weighted by atomic mass is 9.67. The highest BCUT2D eigenvalue weighted by molar-refractivity contribution is 6.10. The van der Waals surface area contributed by atoms with Gasteiger partial charge in [0.15, 0.2) is 12.6 Å². The van der Waals surface area contributed by atoms with Gasteiger partial charge in [0.2, 0.25) is 0 Å². The van der Waals surface area contributed by atoms with Gasteiger partial charge in [-0.2, -0.15) is 0 Å². The summed E-state index contributed by atoms with van der Waals surface area (Å²) in [4.78, 5) is 23.5. The first-order chi connectivity index (χ1) is 10.7. The second-order valence-corrected chi connectivity index (χ2v) is 6.81. The number of carbonyl (C=O) groups is 2. The molecule has 124 valence electrons. The van der Waals surface area contributed by atoms with Crippen molar-refractivity contribution in [3.63, 3.8) is 0 Å². The lowest BCUT2D eigenvalue weighted by molar-refractivity contribution is -0.152. The number of carbonyl (C=O) groups excluding carboxylic acids is 2. The summed E-state index contributed by atoms with van der Waals surface area (Å²) >= 11 is 0. The van der Waals surface area contributed by atoms with Crippen molar-refractivity contribution in [2.24, 2.45) is 5.41 Å². The van der Waals surface area contributed by atoms with Crippen LogP contribution in [0, 0.1) is 5.41 Å². The van der Waals surface area contributed by atoms with Crippen LogP contribution < -0.4 is 0 Å². The van der Waals surface area contributed by atoms with Gasteiger partial charge in [0, 0.05) is 17.9 Å². The van der Waals surface area contributed by atoms with Gasteiger partial charge in [-0.3, -0.25) is 9.59 Å². The zero-order chi connectivity index (χ0) is 17.0. The zero-order valence-corrected chi connectivity index (χ0v) is 14.0. The highest BCUT2D eigenvalue weighted by Crippen LogP contribution is 2.64. The quantitative estimate of drug-likeness (QED) is 0.489. The molecule has 0 radical (unpaired) electrons. The molecule has 5 nitrogen and oxygen atoms in total. The standard InChI is InChI=1S/C18H22O5/c1-10-7-13-15(14(10)8-22-9-23-12(3)19)11(2)18(5-6-18)17(4,21)16(13)20/h7,21H,5-6,8-9H2,1-4H3/t17-/m0/s1. The Labute approximate surface area is 135 Å². The minimum atomic E-state index is -1.33. The van der Waals surface area contributed by atoms with E-state index < -0.39 is 17.0 Å². The normalized spacial score (nSPS) is 28.2.